The van der Waals surface area contributed by atoms with Crippen LogP contribution in [-0.4, -0.2) is 11.0 Å². The number of hydrogen-bond acceptors (Lipinski definition) is 4. The van der Waals surface area contributed by atoms with E-state index in [9.17, 15) is 15.2 Å². The Morgan fingerprint density at radius 2 is 1.77 bits per heavy atom. The van der Waals surface area contributed by atoms with E-state index in [4.69, 9.17) is 16.3 Å². The van der Waals surface area contributed by atoms with Crippen molar-refractivity contribution in [3.63, 3.8) is 0 Å². The molecule has 0 spiro atoms. The Bertz CT molecular complexity index is 1170. The molecule has 0 heterocycles. The summed E-state index contributed by atoms with van der Waals surface area (Å²) in [4.78, 5) is 12.4. The van der Waals surface area contributed by atoms with E-state index in [1.165, 1.54) is 18.2 Å². The number of nitrogens with one attached hydrogen (secondary N) is 1. The van der Waals surface area contributed by atoms with Gasteiger partial charge in [0.2, 0.25) is 0 Å². The lowest BCUT2D eigenvalue weighted by Gasteiger charge is -2.12. The molecule has 156 valence electrons. The Hall–Kier alpha value is -2.79. The number of ether oxygens (including phenoxy) is 1. The van der Waals surface area contributed by atoms with Crippen LogP contribution in [0.3, 0.4) is 0 Å². The van der Waals surface area contributed by atoms with Crippen molar-refractivity contribution in [1.29, 1.82) is 5.26 Å². The summed E-state index contributed by atoms with van der Waals surface area (Å²) in [5, 5.41) is 22.0. The number of nitrogens with zero attached hydrogens (tertiary/aromatic N) is 1. The largest absolute Gasteiger partial charge is 0.508 e. The van der Waals surface area contributed by atoms with E-state index in [2.05, 4.69) is 37.2 Å². The maximum Gasteiger partial charge on any atom is 0.266 e. The molecule has 3 rings (SSSR count). The Kier molecular flexibility index (Phi) is 7.75. The van der Waals surface area contributed by atoms with Crippen LogP contribution in [0.15, 0.2) is 75.2 Å². The fraction of sp³-hybridized carbons (Fsp3) is 0.0435. The third kappa shape index (κ3) is 6.11. The fourth-order valence-corrected chi connectivity index (χ4v) is 4.27. The number of hydrogen-bond donors (Lipinski definition) is 2. The highest BCUT2D eigenvalue weighted by molar-refractivity contribution is 9.11. The lowest BCUT2D eigenvalue weighted by molar-refractivity contribution is -0.112. The topological polar surface area (TPSA) is 82.3 Å². The van der Waals surface area contributed by atoms with Gasteiger partial charge in [0.05, 0.1) is 8.95 Å². The summed E-state index contributed by atoms with van der Waals surface area (Å²) in [5.41, 5.74) is 1.87. The second-order valence-corrected chi connectivity index (χ2v) is 8.48. The highest BCUT2D eigenvalue weighted by atomic mass is 79.9. The van der Waals surface area contributed by atoms with Crippen LogP contribution < -0.4 is 10.1 Å². The number of benzene rings is 3. The summed E-state index contributed by atoms with van der Waals surface area (Å²) in [6.07, 6.45) is 1.48. The molecule has 0 radical (unpaired) electrons. The molecule has 0 fully saturated rings. The number of carbonyl (C=O) groups excluding carboxylic acids is 1. The van der Waals surface area contributed by atoms with Gasteiger partial charge < -0.3 is 15.2 Å². The summed E-state index contributed by atoms with van der Waals surface area (Å²) in [7, 11) is 0. The maximum atomic E-state index is 12.4. The molecule has 8 heteroatoms. The Balaban J connectivity index is 1.77. The predicted molar refractivity (Wildman–Crippen MR) is 128 cm³/mol. The zero-order valence-corrected chi connectivity index (χ0v) is 19.8. The Morgan fingerprint density at radius 3 is 2.39 bits per heavy atom. The Labute approximate surface area is 201 Å². The number of phenols is 1. The number of phenolic OH excluding ortho intramolecular Hbond substituents is 1. The van der Waals surface area contributed by atoms with Gasteiger partial charge in [0, 0.05) is 16.3 Å². The summed E-state index contributed by atoms with van der Waals surface area (Å²) in [5.74, 6) is 0.101. The minimum absolute atomic E-state index is 0.0726. The van der Waals surface area contributed by atoms with E-state index >= 15 is 0 Å². The molecule has 3 aromatic rings. The van der Waals surface area contributed by atoms with Crippen LogP contribution in [0.1, 0.15) is 11.1 Å². The zero-order chi connectivity index (χ0) is 22.4. The number of rotatable bonds is 6. The maximum absolute atomic E-state index is 12.4. The van der Waals surface area contributed by atoms with Gasteiger partial charge in [0.15, 0.2) is 0 Å². The third-order valence-electron chi connectivity index (χ3n) is 4.15. The number of amides is 1. The van der Waals surface area contributed by atoms with Crippen LogP contribution in [0.4, 0.5) is 5.69 Å². The molecule has 0 bridgehead atoms. The predicted octanol–water partition coefficient (Wildman–Crippen LogP) is 6.70. The minimum Gasteiger partial charge on any atom is -0.508 e. The van der Waals surface area contributed by atoms with Crippen LogP contribution >= 0.6 is 43.5 Å². The van der Waals surface area contributed by atoms with Gasteiger partial charge in [0.1, 0.15) is 29.7 Å². The summed E-state index contributed by atoms with van der Waals surface area (Å²) >= 11 is 13.1. The van der Waals surface area contributed by atoms with Crippen LogP contribution in [0.5, 0.6) is 11.5 Å². The molecule has 0 aliphatic rings. The molecule has 31 heavy (non-hydrogen) atoms. The van der Waals surface area contributed by atoms with Crippen molar-refractivity contribution in [2.75, 3.05) is 5.32 Å². The molecular formula is C23H15Br2ClN2O3. The van der Waals surface area contributed by atoms with Gasteiger partial charge in [-0.05, 0) is 86.0 Å². The second kappa shape index (κ2) is 10.5. The fourth-order valence-electron chi connectivity index (χ4n) is 2.62. The lowest BCUT2D eigenvalue weighted by Crippen LogP contribution is -2.13. The normalized spacial score (nSPS) is 11.0. The number of nitriles is 1. The molecule has 0 saturated carbocycles. The average Bonchev–Trinajstić information content (AvgIpc) is 2.74. The smallest absolute Gasteiger partial charge is 0.266 e. The quantitative estimate of drug-likeness (QED) is 0.199. The standard InChI is InChI=1S/C23H15Br2ClN2O3/c24-19-10-14(9-16(12-27)23(30)28-17-5-7-18(29)8-6-17)11-20(25)22(19)31-13-15-3-1-2-4-21(15)26/h1-11,29H,13H2,(H,28,30)/b16-9+. The van der Waals surface area contributed by atoms with Crippen molar-refractivity contribution in [2.24, 2.45) is 0 Å². The third-order valence-corrected chi connectivity index (χ3v) is 5.70. The number of halogens is 3. The second-order valence-electron chi connectivity index (χ2n) is 6.36. The van der Waals surface area contributed by atoms with E-state index in [1.807, 2.05) is 24.3 Å². The van der Waals surface area contributed by atoms with Crippen molar-refractivity contribution in [3.8, 4) is 17.6 Å². The lowest BCUT2D eigenvalue weighted by atomic mass is 10.1. The van der Waals surface area contributed by atoms with E-state index in [0.29, 0.717) is 31.0 Å². The summed E-state index contributed by atoms with van der Waals surface area (Å²) in [6.45, 7) is 0.282. The molecule has 0 aliphatic heterocycles. The van der Waals surface area contributed by atoms with Gasteiger partial charge in [-0.15, -0.1) is 0 Å². The molecule has 3 aromatic carbocycles. The van der Waals surface area contributed by atoms with Gasteiger partial charge in [-0.1, -0.05) is 29.8 Å². The number of anilines is 1. The molecule has 5 nitrogen and oxygen atoms in total. The monoisotopic (exact) mass is 560 g/mol. The molecule has 2 N–H and O–H groups in total. The first kappa shape index (κ1) is 22.9. The SMILES string of the molecule is N#C/C(=C\c1cc(Br)c(OCc2ccccc2Cl)c(Br)c1)C(=O)Nc1ccc(O)cc1. The van der Waals surface area contributed by atoms with Crippen molar-refractivity contribution in [1.82, 2.24) is 0 Å². The van der Waals surface area contributed by atoms with Crippen LogP contribution in [0, 0.1) is 11.3 Å². The summed E-state index contributed by atoms with van der Waals surface area (Å²) in [6, 6.07) is 18.8. The first-order chi connectivity index (χ1) is 14.9. The van der Waals surface area contributed by atoms with Crippen molar-refractivity contribution >= 4 is 61.1 Å². The molecule has 0 atom stereocenters. The van der Waals surface area contributed by atoms with E-state index in [0.717, 1.165) is 5.56 Å². The average molecular weight is 563 g/mol. The van der Waals surface area contributed by atoms with Crippen LogP contribution in [0.25, 0.3) is 6.08 Å². The molecule has 0 aliphatic carbocycles. The van der Waals surface area contributed by atoms with Gasteiger partial charge in [-0.25, -0.2) is 0 Å². The summed E-state index contributed by atoms with van der Waals surface area (Å²) < 4.78 is 7.19. The first-order valence-corrected chi connectivity index (χ1v) is 10.9. The van der Waals surface area contributed by atoms with Gasteiger partial charge in [-0.3, -0.25) is 4.79 Å². The molecule has 1 amide bonds. The zero-order valence-electron chi connectivity index (χ0n) is 15.9. The molecular weight excluding hydrogens is 548 g/mol. The van der Waals surface area contributed by atoms with Gasteiger partial charge >= 0.3 is 0 Å². The molecule has 0 aromatic heterocycles. The van der Waals surface area contributed by atoms with E-state index in [-0.39, 0.29) is 17.9 Å². The first-order valence-electron chi connectivity index (χ1n) is 8.95. The van der Waals surface area contributed by atoms with Crippen molar-refractivity contribution in [3.05, 3.63) is 91.3 Å². The van der Waals surface area contributed by atoms with Gasteiger partial charge in [0.25, 0.3) is 5.91 Å². The van der Waals surface area contributed by atoms with Crippen molar-refractivity contribution in [2.45, 2.75) is 6.61 Å². The Morgan fingerprint density at radius 1 is 1.13 bits per heavy atom. The molecule has 0 saturated heterocycles. The highest BCUT2D eigenvalue weighted by Crippen LogP contribution is 2.36. The number of aromatic hydroxyl groups is 1. The van der Waals surface area contributed by atoms with Crippen LogP contribution in [0.2, 0.25) is 5.02 Å². The van der Waals surface area contributed by atoms with Crippen molar-refractivity contribution < 1.29 is 14.6 Å². The number of carbonyl (C=O) groups is 1. The molecule has 0 unspecified atom stereocenters. The van der Waals surface area contributed by atoms with Crippen LogP contribution in [-0.2, 0) is 11.4 Å². The highest BCUT2D eigenvalue weighted by Gasteiger charge is 2.13. The van der Waals surface area contributed by atoms with Gasteiger partial charge in [-0.2, -0.15) is 5.26 Å². The minimum atomic E-state index is -0.556. The van der Waals surface area contributed by atoms with E-state index < -0.39 is 5.91 Å². The van der Waals surface area contributed by atoms with E-state index in [1.54, 1.807) is 30.3 Å².